The third kappa shape index (κ3) is 3.08. The van der Waals surface area contributed by atoms with Crippen molar-refractivity contribution in [2.75, 3.05) is 0 Å². The quantitative estimate of drug-likeness (QED) is 0.696. The van der Waals surface area contributed by atoms with E-state index in [9.17, 15) is 8.85 Å². The van der Waals surface area contributed by atoms with Crippen LogP contribution in [-0.4, -0.2) is 20.8 Å². The number of hydrogen-bond acceptors (Lipinski definition) is 4. The summed E-state index contributed by atoms with van der Waals surface area (Å²) < 4.78 is 11.5. The zero-order valence-electron chi connectivity index (χ0n) is 8.82. The molecule has 0 aliphatic carbocycles. The van der Waals surface area contributed by atoms with Crippen molar-refractivity contribution >= 4 is 31.4 Å². The van der Waals surface area contributed by atoms with Gasteiger partial charge in [-0.15, -0.1) is 0 Å². The predicted molar refractivity (Wildman–Crippen MR) is 64.8 cm³/mol. The molecule has 0 aromatic heterocycles. The number of aromatic hydroxyl groups is 1. The Balaban J connectivity index is 2.29. The predicted octanol–water partition coefficient (Wildman–Crippen LogP) is 2.48. The number of nitrogens with zero attached hydrogens (tertiary/aromatic N) is 2. The van der Waals surface area contributed by atoms with E-state index in [1.165, 1.54) is 6.07 Å². The van der Waals surface area contributed by atoms with Crippen molar-refractivity contribution in [3.05, 3.63) is 48.5 Å². The Morgan fingerprint density at radius 3 is 2.47 bits per heavy atom. The average Bonchev–Trinajstić information content (AvgIpc) is 2.39. The molecule has 2 rings (SSSR count). The normalized spacial score (nSPS) is 11.1. The van der Waals surface area contributed by atoms with Gasteiger partial charge in [-0.2, -0.15) is 0 Å². The van der Waals surface area contributed by atoms with Crippen LogP contribution in [0.15, 0.2) is 58.8 Å². The van der Waals surface area contributed by atoms with Gasteiger partial charge in [0.25, 0.3) is 0 Å². The minimum atomic E-state index is -1.12. The Morgan fingerprint density at radius 2 is 1.76 bits per heavy atom. The molecule has 84 valence electrons. The van der Waals surface area contributed by atoms with E-state index in [0.717, 1.165) is 0 Å². The van der Waals surface area contributed by atoms with Crippen molar-refractivity contribution in [1.29, 1.82) is 0 Å². The van der Waals surface area contributed by atoms with Gasteiger partial charge < -0.3 is 0 Å². The Labute approximate surface area is 105 Å². The van der Waals surface area contributed by atoms with Gasteiger partial charge in [0.15, 0.2) is 0 Å². The maximum atomic E-state index is 10.8. The van der Waals surface area contributed by atoms with E-state index in [4.69, 9.17) is 0 Å². The number of phenols is 1. The molecule has 0 saturated heterocycles. The van der Waals surface area contributed by atoms with Crippen LogP contribution >= 0.6 is 0 Å². The van der Waals surface area contributed by atoms with E-state index in [-0.39, 0.29) is 5.75 Å². The number of phenolic OH excluding ortho intramolecular Hbond substituents is 1. The molecule has 1 N–H and O–H groups in total. The zero-order chi connectivity index (χ0) is 12.1. The Kier molecular flexibility index (Phi) is 3.78. The number of hydrogen-bond donors (Lipinski definition) is 1. The molecular weight excluding hydrogens is 279 g/mol. The van der Waals surface area contributed by atoms with Crippen LogP contribution < -0.4 is 4.35 Å². The molecule has 0 bridgehead atoms. The van der Waals surface area contributed by atoms with Crippen molar-refractivity contribution in [2.45, 2.75) is 0 Å². The van der Waals surface area contributed by atoms with Gasteiger partial charge in [-0.25, -0.2) is 0 Å². The standard InChI is InChI=1S/C12H9AsN2O2/c16-12-7-6-9(13-17)8-11(12)15-14-10-4-2-1-3-5-10/h1-8,16H. The van der Waals surface area contributed by atoms with Crippen LogP contribution in [0.5, 0.6) is 5.75 Å². The van der Waals surface area contributed by atoms with E-state index >= 15 is 0 Å². The number of benzene rings is 2. The van der Waals surface area contributed by atoms with Gasteiger partial charge in [0.1, 0.15) is 0 Å². The molecule has 0 saturated carbocycles. The molecule has 0 fully saturated rings. The zero-order valence-corrected chi connectivity index (χ0v) is 10.7. The minimum absolute atomic E-state index is 0.0306. The summed E-state index contributed by atoms with van der Waals surface area (Å²) in [7, 11) is 0. The van der Waals surface area contributed by atoms with Crippen LogP contribution in [0.1, 0.15) is 0 Å². The fraction of sp³-hybridized carbons (Fsp3) is 0. The fourth-order valence-corrected chi connectivity index (χ4v) is 1.91. The molecule has 0 aliphatic rings. The molecule has 0 radical (unpaired) electrons. The second-order valence-corrected chi connectivity index (χ2v) is 4.77. The van der Waals surface area contributed by atoms with Crippen LogP contribution in [0.25, 0.3) is 0 Å². The van der Waals surface area contributed by atoms with E-state index in [2.05, 4.69) is 10.2 Å². The van der Waals surface area contributed by atoms with Crippen LogP contribution in [0.2, 0.25) is 0 Å². The Morgan fingerprint density at radius 1 is 1.00 bits per heavy atom. The average molecular weight is 288 g/mol. The number of azo groups is 1. The van der Waals surface area contributed by atoms with E-state index < -0.39 is 15.7 Å². The summed E-state index contributed by atoms with van der Waals surface area (Å²) in [6.45, 7) is 0. The summed E-state index contributed by atoms with van der Waals surface area (Å²) in [5.41, 5.74) is 1.03. The van der Waals surface area contributed by atoms with E-state index in [1.807, 2.05) is 30.3 Å². The van der Waals surface area contributed by atoms with E-state index in [1.54, 1.807) is 12.1 Å². The summed E-state index contributed by atoms with van der Waals surface area (Å²) in [6.07, 6.45) is 0. The van der Waals surface area contributed by atoms with Crippen LogP contribution in [0, 0.1) is 0 Å². The third-order valence-corrected chi connectivity index (χ3v) is 3.12. The summed E-state index contributed by atoms with van der Waals surface area (Å²) in [6, 6.07) is 13.9. The molecule has 0 heterocycles. The molecule has 0 aliphatic heterocycles. The summed E-state index contributed by atoms with van der Waals surface area (Å²) >= 11 is -1.12. The topological polar surface area (TPSA) is 62.0 Å². The van der Waals surface area contributed by atoms with Crippen molar-refractivity contribution in [2.24, 2.45) is 10.2 Å². The Hall–Kier alpha value is -1.80. The molecule has 0 atom stereocenters. The van der Waals surface area contributed by atoms with Crippen molar-refractivity contribution < 1.29 is 8.85 Å². The second kappa shape index (κ2) is 5.50. The SMILES string of the molecule is O=[As]c1ccc(O)c(N=Nc2ccccc2)c1. The van der Waals surface area contributed by atoms with Gasteiger partial charge in [0, 0.05) is 0 Å². The molecule has 5 heteroatoms. The molecule has 0 unspecified atom stereocenters. The van der Waals surface area contributed by atoms with Gasteiger partial charge in [-0.05, 0) is 0 Å². The Bertz CT molecular complexity index is 556. The first-order valence-electron chi connectivity index (χ1n) is 4.93. The van der Waals surface area contributed by atoms with Gasteiger partial charge in [-0.3, -0.25) is 0 Å². The summed E-state index contributed by atoms with van der Waals surface area (Å²) in [4.78, 5) is 0. The molecule has 17 heavy (non-hydrogen) atoms. The number of rotatable bonds is 3. The van der Waals surface area contributed by atoms with Crippen molar-refractivity contribution in [3.8, 4) is 5.75 Å². The molecule has 2 aromatic rings. The van der Waals surface area contributed by atoms with Crippen LogP contribution in [0.4, 0.5) is 11.4 Å². The maximum absolute atomic E-state index is 10.8. The molecule has 2 aromatic carbocycles. The first kappa shape index (κ1) is 11.7. The summed E-state index contributed by atoms with van der Waals surface area (Å²) in [5.74, 6) is 0.0306. The van der Waals surface area contributed by atoms with Gasteiger partial charge in [0.05, 0.1) is 0 Å². The molecular formula is C12H9AsN2O2. The van der Waals surface area contributed by atoms with Crippen LogP contribution in [0.3, 0.4) is 0 Å². The van der Waals surface area contributed by atoms with Gasteiger partial charge >= 0.3 is 105 Å². The molecule has 0 spiro atoms. The monoisotopic (exact) mass is 288 g/mol. The molecule has 0 amide bonds. The second-order valence-electron chi connectivity index (χ2n) is 3.30. The first-order valence-corrected chi connectivity index (χ1v) is 6.63. The van der Waals surface area contributed by atoms with Crippen molar-refractivity contribution in [1.82, 2.24) is 0 Å². The van der Waals surface area contributed by atoms with Crippen molar-refractivity contribution in [3.63, 3.8) is 0 Å². The third-order valence-electron chi connectivity index (χ3n) is 2.09. The van der Waals surface area contributed by atoms with E-state index in [0.29, 0.717) is 15.7 Å². The van der Waals surface area contributed by atoms with Gasteiger partial charge in [0.2, 0.25) is 0 Å². The van der Waals surface area contributed by atoms with Crippen LogP contribution in [-0.2, 0) is 3.74 Å². The first-order chi connectivity index (χ1) is 8.29. The molecule has 4 nitrogen and oxygen atoms in total. The van der Waals surface area contributed by atoms with Gasteiger partial charge in [-0.1, -0.05) is 0 Å². The fourth-order valence-electron chi connectivity index (χ4n) is 1.25. The summed E-state index contributed by atoms with van der Waals surface area (Å²) in [5, 5.41) is 17.5.